The summed E-state index contributed by atoms with van der Waals surface area (Å²) in [5.41, 5.74) is 6.36. The minimum atomic E-state index is 0.796. The van der Waals surface area contributed by atoms with Crippen LogP contribution in [0.1, 0.15) is 19.3 Å². The lowest BCUT2D eigenvalue weighted by molar-refractivity contribution is 0.175. The van der Waals surface area contributed by atoms with Gasteiger partial charge in [-0.3, -0.25) is 10.9 Å². The molecule has 0 amide bonds. The molecule has 1 unspecified atom stereocenters. The first-order valence-corrected chi connectivity index (χ1v) is 4.38. The summed E-state index contributed by atoms with van der Waals surface area (Å²) in [4.78, 5) is 0. The molecule has 0 bridgehead atoms. The number of methoxy groups -OCH3 is 1. The summed E-state index contributed by atoms with van der Waals surface area (Å²) in [5, 5.41) is 0. The minimum Gasteiger partial charge on any atom is -0.385 e. The molecule has 1 atom stereocenters. The second kappa shape index (κ2) is 5.52. The summed E-state index contributed by atoms with van der Waals surface area (Å²) >= 11 is 0. The van der Waals surface area contributed by atoms with Gasteiger partial charge >= 0.3 is 0 Å². The average Bonchev–Trinajstić information content (AvgIpc) is 2.28. The van der Waals surface area contributed by atoms with Crippen molar-refractivity contribution in [2.24, 2.45) is 5.92 Å². The molecule has 0 aromatic rings. The molecule has 0 aromatic carbocycles. The van der Waals surface area contributed by atoms with Crippen molar-refractivity contribution in [2.75, 3.05) is 26.8 Å². The highest BCUT2D eigenvalue weighted by Crippen LogP contribution is 2.11. The van der Waals surface area contributed by atoms with Crippen LogP contribution in [0.25, 0.3) is 0 Å². The predicted molar refractivity (Wildman–Crippen MR) is 45.2 cm³/mol. The quantitative estimate of drug-likeness (QED) is 0.628. The summed E-state index contributed by atoms with van der Waals surface area (Å²) in [6.45, 7) is 3.08. The van der Waals surface area contributed by atoms with Crippen LogP contribution in [-0.4, -0.2) is 26.8 Å². The Kier molecular flexibility index (Phi) is 4.50. The van der Waals surface area contributed by atoms with E-state index in [2.05, 4.69) is 10.9 Å². The van der Waals surface area contributed by atoms with Crippen LogP contribution in [0.4, 0.5) is 0 Å². The first-order chi connectivity index (χ1) is 5.43. The van der Waals surface area contributed by atoms with Crippen molar-refractivity contribution in [2.45, 2.75) is 19.3 Å². The van der Waals surface area contributed by atoms with Crippen molar-refractivity contribution in [3.8, 4) is 0 Å². The van der Waals surface area contributed by atoms with E-state index in [1.165, 1.54) is 19.3 Å². The summed E-state index contributed by atoms with van der Waals surface area (Å²) in [7, 11) is 1.77. The summed E-state index contributed by atoms with van der Waals surface area (Å²) in [6, 6.07) is 0. The molecule has 0 saturated carbocycles. The molecule has 1 rings (SSSR count). The SMILES string of the molecule is COCCC1CCCNNC1. The van der Waals surface area contributed by atoms with Crippen LogP contribution in [0.2, 0.25) is 0 Å². The normalized spacial score (nSPS) is 26.5. The largest absolute Gasteiger partial charge is 0.385 e. The third-order valence-corrected chi connectivity index (χ3v) is 2.16. The zero-order valence-electron chi connectivity index (χ0n) is 7.23. The van der Waals surface area contributed by atoms with E-state index in [-0.39, 0.29) is 0 Å². The second-order valence-corrected chi connectivity index (χ2v) is 3.10. The van der Waals surface area contributed by atoms with Gasteiger partial charge in [0.05, 0.1) is 0 Å². The van der Waals surface area contributed by atoms with Crippen molar-refractivity contribution in [3.05, 3.63) is 0 Å². The molecule has 0 aliphatic carbocycles. The van der Waals surface area contributed by atoms with Gasteiger partial charge in [0.2, 0.25) is 0 Å². The molecule has 0 spiro atoms. The fourth-order valence-electron chi connectivity index (χ4n) is 1.42. The second-order valence-electron chi connectivity index (χ2n) is 3.10. The first kappa shape index (κ1) is 8.97. The van der Waals surface area contributed by atoms with Crippen molar-refractivity contribution < 1.29 is 4.74 Å². The van der Waals surface area contributed by atoms with E-state index in [9.17, 15) is 0 Å². The van der Waals surface area contributed by atoms with Crippen molar-refractivity contribution in [3.63, 3.8) is 0 Å². The molecular weight excluding hydrogens is 140 g/mol. The lowest BCUT2D eigenvalue weighted by Gasteiger charge is -2.12. The van der Waals surface area contributed by atoms with Gasteiger partial charge in [-0.05, 0) is 25.2 Å². The van der Waals surface area contributed by atoms with E-state index in [1.807, 2.05) is 0 Å². The highest BCUT2D eigenvalue weighted by Gasteiger charge is 2.10. The molecule has 0 radical (unpaired) electrons. The maximum atomic E-state index is 5.04. The van der Waals surface area contributed by atoms with E-state index in [4.69, 9.17) is 4.74 Å². The molecule has 1 heterocycles. The lowest BCUT2D eigenvalue weighted by atomic mass is 10.0. The first-order valence-electron chi connectivity index (χ1n) is 4.38. The van der Waals surface area contributed by atoms with E-state index >= 15 is 0 Å². The molecule has 1 saturated heterocycles. The summed E-state index contributed by atoms with van der Waals surface area (Å²) in [5.74, 6) is 0.796. The Morgan fingerprint density at radius 2 is 2.36 bits per heavy atom. The van der Waals surface area contributed by atoms with Crippen molar-refractivity contribution in [1.82, 2.24) is 10.9 Å². The van der Waals surface area contributed by atoms with Crippen LogP contribution in [0.3, 0.4) is 0 Å². The Bertz CT molecular complexity index is 90.1. The van der Waals surface area contributed by atoms with Crippen molar-refractivity contribution in [1.29, 1.82) is 0 Å². The molecule has 3 heteroatoms. The van der Waals surface area contributed by atoms with Gasteiger partial charge in [-0.2, -0.15) is 0 Å². The Morgan fingerprint density at radius 3 is 3.18 bits per heavy atom. The topological polar surface area (TPSA) is 33.3 Å². The third-order valence-electron chi connectivity index (χ3n) is 2.16. The van der Waals surface area contributed by atoms with Crippen LogP contribution in [0.15, 0.2) is 0 Å². The van der Waals surface area contributed by atoms with Crippen LogP contribution in [0.5, 0.6) is 0 Å². The maximum Gasteiger partial charge on any atom is 0.0465 e. The lowest BCUT2D eigenvalue weighted by Crippen LogP contribution is -2.33. The Hall–Kier alpha value is -0.120. The van der Waals surface area contributed by atoms with Gasteiger partial charge in [-0.15, -0.1) is 0 Å². The third kappa shape index (κ3) is 3.70. The summed E-state index contributed by atoms with van der Waals surface area (Å²) in [6.07, 6.45) is 3.79. The number of ether oxygens (including phenoxy) is 1. The van der Waals surface area contributed by atoms with Crippen LogP contribution >= 0.6 is 0 Å². The van der Waals surface area contributed by atoms with E-state index < -0.39 is 0 Å². The number of hydrogen-bond acceptors (Lipinski definition) is 3. The van der Waals surface area contributed by atoms with Crippen LogP contribution < -0.4 is 10.9 Å². The molecule has 2 N–H and O–H groups in total. The number of hydrogen-bond donors (Lipinski definition) is 2. The van der Waals surface area contributed by atoms with Crippen LogP contribution in [0, 0.1) is 5.92 Å². The van der Waals surface area contributed by atoms with Gasteiger partial charge in [-0.1, -0.05) is 0 Å². The van der Waals surface area contributed by atoms with Gasteiger partial charge in [-0.25, -0.2) is 0 Å². The van der Waals surface area contributed by atoms with Gasteiger partial charge in [0, 0.05) is 26.8 Å². The smallest absolute Gasteiger partial charge is 0.0465 e. The Morgan fingerprint density at radius 1 is 1.45 bits per heavy atom. The molecule has 0 aromatic heterocycles. The molecular formula is C8H18N2O. The van der Waals surface area contributed by atoms with Gasteiger partial charge in [0.1, 0.15) is 0 Å². The zero-order valence-corrected chi connectivity index (χ0v) is 7.23. The fraction of sp³-hybridized carbons (Fsp3) is 1.00. The highest BCUT2D eigenvalue weighted by atomic mass is 16.5. The van der Waals surface area contributed by atoms with Crippen molar-refractivity contribution >= 4 is 0 Å². The summed E-state index contributed by atoms with van der Waals surface area (Å²) < 4.78 is 5.04. The zero-order chi connectivity index (χ0) is 7.94. The Balaban J connectivity index is 2.09. The molecule has 66 valence electrons. The van der Waals surface area contributed by atoms with E-state index in [1.54, 1.807) is 7.11 Å². The maximum absolute atomic E-state index is 5.04. The Labute approximate surface area is 68.5 Å². The van der Waals surface area contributed by atoms with E-state index in [0.29, 0.717) is 0 Å². The van der Waals surface area contributed by atoms with Gasteiger partial charge < -0.3 is 4.74 Å². The average molecular weight is 158 g/mol. The van der Waals surface area contributed by atoms with E-state index in [0.717, 1.165) is 25.6 Å². The fourth-order valence-corrected chi connectivity index (χ4v) is 1.42. The molecule has 3 nitrogen and oxygen atoms in total. The molecule has 1 aliphatic heterocycles. The molecule has 1 aliphatic rings. The van der Waals surface area contributed by atoms with Crippen LogP contribution in [-0.2, 0) is 4.74 Å². The molecule has 11 heavy (non-hydrogen) atoms. The monoisotopic (exact) mass is 158 g/mol. The molecule has 1 fully saturated rings. The van der Waals surface area contributed by atoms with Gasteiger partial charge in [0.15, 0.2) is 0 Å². The number of rotatable bonds is 3. The highest BCUT2D eigenvalue weighted by molar-refractivity contribution is 4.65. The standard InChI is InChI=1S/C8H18N2O/c1-11-6-4-8-3-2-5-9-10-7-8/h8-10H,2-7H2,1H3. The predicted octanol–water partition coefficient (Wildman–Crippen LogP) is 0.527. The minimum absolute atomic E-state index is 0.796. The number of nitrogens with one attached hydrogen (secondary N) is 2. The van der Waals surface area contributed by atoms with Gasteiger partial charge in [0.25, 0.3) is 0 Å². The number of hydrazine groups is 1.